The van der Waals surface area contributed by atoms with E-state index >= 15 is 0 Å². The second kappa shape index (κ2) is 5.64. The lowest BCUT2D eigenvalue weighted by atomic mass is 9.92. The average molecular weight is 288 g/mol. The molecule has 1 aromatic heterocycles. The van der Waals surface area contributed by atoms with Crippen LogP contribution in [-0.2, 0) is 24.2 Å². The van der Waals surface area contributed by atoms with Crippen LogP contribution in [0.1, 0.15) is 43.0 Å². The number of carbonyl (C=O) groups is 1. The third-order valence-electron chi connectivity index (χ3n) is 4.88. The maximum atomic E-state index is 11.5. The van der Waals surface area contributed by atoms with Crippen molar-refractivity contribution in [3.8, 4) is 0 Å². The van der Waals surface area contributed by atoms with E-state index in [0.717, 1.165) is 37.1 Å². The van der Waals surface area contributed by atoms with Gasteiger partial charge < -0.3 is 16.4 Å². The quantitative estimate of drug-likeness (QED) is 0.873. The average Bonchev–Trinajstić information content (AvgIpc) is 2.93. The van der Waals surface area contributed by atoms with Gasteiger partial charge in [-0.3, -0.25) is 4.79 Å². The monoisotopic (exact) mass is 288 g/mol. The lowest BCUT2D eigenvalue weighted by Gasteiger charge is -2.39. The molecule has 2 heterocycles. The Morgan fingerprint density at radius 3 is 2.95 bits per heavy atom. The zero-order valence-corrected chi connectivity index (χ0v) is 12.6. The van der Waals surface area contributed by atoms with Crippen molar-refractivity contribution >= 4 is 11.7 Å². The summed E-state index contributed by atoms with van der Waals surface area (Å²) in [6.07, 6.45) is 5.17. The third kappa shape index (κ3) is 2.62. The molecule has 2 aliphatic rings. The summed E-state index contributed by atoms with van der Waals surface area (Å²) >= 11 is 0. The SMILES string of the molecule is CC1CCC(C(N)=O)CN1c1nc2c(cc1CN)CCC2. The summed E-state index contributed by atoms with van der Waals surface area (Å²) in [5.74, 6) is 0.681. The molecule has 1 saturated heterocycles. The van der Waals surface area contributed by atoms with Crippen LogP contribution in [-0.4, -0.2) is 23.5 Å². The molecule has 0 radical (unpaired) electrons. The molecule has 1 fully saturated rings. The number of amides is 1. The number of nitrogens with two attached hydrogens (primary N) is 2. The summed E-state index contributed by atoms with van der Waals surface area (Å²) in [5.41, 5.74) is 15.1. The van der Waals surface area contributed by atoms with E-state index < -0.39 is 0 Å². The van der Waals surface area contributed by atoms with Crippen LogP contribution in [0.25, 0.3) is 0 Å². The number of pyridine rings is 1. The Kier molecular flexibility index (Phi) is 3.85. The minimum Gasteiger partial charge on any atom is -0.369 e. The van der Waals surface area contributed by atoms with Crippen molar-refractivity contribution in [1.82, 2.24) is 4.98 Å². The normalized spacial score (nSPS) is 25.0. The molecule has 4 N–H and O–H groups in total. The fourth-order valence-electron chi connectivity index (χ4n) is 3.54. The molecule has 1 amide bonds. The first-order valence-corrected chi connectivity index (χ1v) is 7.88. The lowest BCUT2D eigenvalue weighted by Crippen LogP contribution is -2.46. The van der Waals surface area contributed by atoms with Crippen LogP contribution >= 0.6 is 0 Å². The number of fused-ring (bicyclic) bond motifs is 1. The van der Waals surface area contributed by atoms with Gasteiger partial charge in [-0.25, -0.2) is 4.98 Å². The van der Waals surface area contributed by atoms with Gasteiger partial charge in [-0.2, -0.15) is 0 Å². The molecule has 3 rings (SSSR count). The van der Waals surface area contributed by atoms with Crippen molar-refractivity contribution in [2.75, 3.05) is 11.4 Å². The van der Waals surface area contributed by atoms with Gasteiger partial charge in [0.15, 0.2) is 0 Å². The van der Waals surface area contributed by atoms with Gasteiger partial charge in [-0.1, -0.05) is 0 Å². The molecule has 2 atom stereocenters. The lowest BCUT2D eigenvalue weighted by molar-refractivity contribution is -0.122. The van der Waals surface area contributed by atoms with Crippen molar-refractivity contribution in [3.05, 3.63) is 22.9 Å². The first-order valence-electron chi connectivity index (χ1n) is 7.88. The molecule has 1 aliphatic heterocycles. The zero-order valence-electron chi connectivity index (χ0n) is 12.6. The summed E-state index contributed by atoms with van der Waals surface area (Å²) in [7, 11) is 0. The number of hydrogen-bond acceptors (Lipinski definition) is 4. The van der Waals surface area contributed by atoms with Crippen molar-refractivity contribution in [3.63, 3.8) is 0 Å². The van der Waals surface area contributed by atoms with Gasteiger partial charge in [-0.05, 0) is 50.7 Å². The minimum atomic E-state index is -0.206. The molecule has 5 nitrogen and oxygen atoms in total. The van der Waals surface area contributed by atoms with Crippen LogP contribution in [0.3, 0.4) is 0 Å². The highest BCUT2D eigenvalue weighted by Gasteiger charge is 2.31. The fourth-order valence-corrected chi connectivity index (χ4v) is 3.54. The van der Waals surface area contributed by atoms with E-state index in [1.807, 2.05) is 0 Å². The second-order valence-corrected chi connectivity index (χ2v) is 6.31. The molecule has 0 saturated carbocycles. The molecule has 1 aromatic rings. The Morgan fingerprint density at radius 2 is 2.24 bits per heavy atom. The summed E-state index contributed by atoms with van der Waals surface area (Å²) in [6, 6.07) is 2.59. The zero-order chi connectivity index (χ0) is 15.0. The predicted molar refractivity (Wildman–Crippen MR) is 82.9 cm³/mol. The second-order valence-electron chi connectivity index (χ2n) is 6.31. The van der Waals surface area contributed by atoms with Crippen LogP contribution in [0.2, 0.25) is 0 Å². The first-order chi connectivity index (χ1) is 10.1. The van der Waals surface area contributed by atoms with E-state index in [2.05, 4.69) is 17.9 Å². The Morgan fingerprint density at radius 1 is 1.43 bits per heavy atom. The number of anilines is 1. The largest absolute Gasteiger partial charge is 0.369 e. The summed E-state index contributed by atoms with van der Waals surface area (Å²) < 4.78 is 0. The van der Waals surface area contributed by atoms with Crippen molar-refractivity contribution in [2.45, 2.75) is 51.6 Å². The maximum absolute atomic E-state index is 11.5. The topological polar surface area (TPSA) is 85.2 Å². The van der Waals surface area contributed by atoms with Crippen molar-refractivity contribution in [2.24, 2.45) is 17.4 Å². The standard InChI is InChI=1S/C16H24N4O/c1-10-5-6-12(15(18)21)9-20(10)16-13(8-17)7-11-3-2-4-14(11)19-16/h7,10,12H,2-6,8-9,17H2,1H3,(H2,18,21). The van der Waals surface area contributed by atoms with Gasteiger partial charge in [-0.15, -0.1) is 0 Å². The number of piperidine rings is 1. The van der Waals surface area contributed by atoms with Crippen molar-refractivity contribution < 1.29 is 4.79 Å². The van der Waals surface area contributed by atoms with E-state index in [0.29, 0.717) is 19.1 Å². The molecule has 0 aromatic carbocycles. The van der Waals surface area contributed by atoms with Gasteiger partial charge >= 0.3 is 0 Å². The smallest absolute Gasteiger partial charge is 0.222 e. The molecular formula is C16H24N4O. The Bertz CT molecular complexity index is 557. The summed E-state index contributed by atoms with van der Waals surface area (Å²) in [6.45, 7) is 3.34. The van der Waals surface area contributed by atoms with Crippen LogP contribution in [0.5, 0.6) is 0 Å². The number of primary amides is 1. The van der Waals surface area contributed by atoms with Crippen LogP contribution in [0, 0.1) is 5.92 Å². The number of rotatable bonds is 3. The number of aromatic nitrogens is 1. The van der Waals surface area contributed by atoms with Crippen LogP contribution in [0.15, 0.2) is 6.07 Å². The maximum Gasteiger partial charge on any atom is 0.222 e. The summed E-state index contributed by atoms with van der Waals surface area (Å²) in [4.78, 5) is 18.7. The highest BCUT2D eigenvalue weighted by Crippen LogP contribution is 2.32. The van der Waals surface area contributed by atoms with E-state index in [4.69, 9.17) is 16.5 Å². The number of nitrogens with zero attached hydrogens (tertiary/aromatic N) is 2. The number of carbonyl (C=O) groups excluding carboxylic acids is 1. The van der Waals surface area contributed by atoms with Crippen LogP contribution < -0.4 is 16.4 Å². The first kappa shape index (κ1) is 14.3. The predicted octanol–water partition coefficient (Wildman–Crippen LogP) is 1.12. The molecule has 114 valence electrons. The van der Waals surface area contributed by atoms with E-state index in [-0.39, 0.29) is 11.8 Å². The molecular weight excluding hydrogens is 264 g/mol. The highest BCUT2D eigenvalue weighted by atomic mass is 16.1. The van der Waals surface area contributed by atoms with Gasteiger partial charge in [0.05, 0.1) is 5.92 Å². The number of aryl methyl sites for hydroxylation is 2. The molecule has 5 heteroatoms. The molecule has 2 unspecified atom stereocenters. The molecule has 0 spiro atoms. The van der Waals surface area contributed by atoms with E-state index in [1.54, 1.807) is 0 Å². The summed E-state index contributed by atoms with van der Waals surface area (Å²) in [5, 5.41) is 0. The highest BCUT2D eigenvalue weighted by molar-refractivity contribution is 5.77. The van der Waals surface area contributed by atoms with Gasteiger partial charge in [0.2, 0.25) is 5.91 Å². The Labute approximate surface area is 125 Å². The third-order valence-corrected chi connectivity index (χ3v) is 4.88. The van der Waals surface area contributed by atoms with Crippen LogP contribution in [0.4, 0.5) is 5.82 Å². The Hall–Kier alpha value is -1.62. The Balaban J connectivity index is 1.96. The van der Waals surface area contributed by atoms with Gasteiger partial charge in [0, 0.05) is 30.4 Å². The number of hydrogen-bond donors (Lipinski definition) is 2. The van der Waals surface area contributed by atoms with Gasteiger partial charge in [0.1, 0.15) is 5.82 Å². The molecule has 21 heavy (non-hydrogen) atoms. The van der Waals surface area contributed by atoms with E-state index in [1.165, 1.54) is 17.7 Å². The van der Waals surface area contributed by atoms with Crippen molar-refractivity contribution in [1.29, 1.82) is 0 Å². The molecule has 0 bridgehead atoms. The minimum absolute atomic E-state index is 0.0816. The molecule has 1 aliphatic carbocycles. The van der Waals surface area contributed by atoms with Gasteiger partial charge in [0.25, 0.3) is 0 Å². The fraction of sp³-hybridized carbons (Fsp3) is 0.625. The van der Waals surface area contributed by atoms with E-state index in [9.17, 15) is 4.79 Å².